The van der Waals surface area contributed by atoms with Crippen molar-refractivity contribution >= 4 is 22.6 Å². The highest BCUT2D eigenvalue weighted by atomic mass is 19.1. The van der Waals surface area contributed by atoms with E-state index < -0.39 is 0 Å². The summed E-state index contributed by atoms with van der Waals surface area (Å²) in [4.78, 5) is 39.8. The van der Waals surface area contributed by atoms with Crippen LogP contribution >= 0.6 is 0 Å². The SMILES string of the molecule is CNC(=O)c1ccc(C(=O)Cc2cc3nc(-c4cnn5c4CN(CCF)CC5)ccc3cn2)cn1. The Hall–Kier alpha value is -4.05. The van der Waals surface area contributed by atoms with Gasteiger partial charge in [0.1, 0.15) is 12.4 Å². The molecule has 0 saturated heterocycles. The molecule has 0 fully saturated rings. The Morgan fingerprint density at radius 2 is 1.97 bits per heavy atom. The third kappa shape index (κ3) is 4.65. The molecular formula is C25H24FN7O2. The lowest BCUT2D eigenvalue weighted by atomic mass is 10.1. The quantitative estimate of drug-likeness (QED) is 0.411. The van der Waals surface area contributed by atoms with Gasteiger partial charge in [-0.15, -0.1) is 0 Å². The Morgan fingerprint density at radius 3 is 2.74 bits per heavy atom. The third-order valence-electron chi connectivity index (χ3n) is 6.14. The smallest absolute Gasteiger partial charge is 0.269 e. The standard InChI is InChI=1S/C25H24FN7O2/c1-27-25(35)21-5-3-17(13-29-21)24(34)11-18-10-22-16(12-28-18)2-4-20(31-22)19-14-30-33-9-8-32(7-6-26)15-23(19)33/h2-5,10,12-14H,6-9,11,15H2,1H3,(H,27,35). The van der Waals surface area contributed by atoms with Crippen molar-refractivity contribution in [2.24, 2.45) is 0 Å². The van der Waals surface area contributed by atoms with Gasteiger partial charge in [0.15, 0.2) is 5.78 Å². The van der Waals surface area contributed by atoms with E-state index in [1.54, 1.807) is 12.3 Å². The first-order valence-corrected chi connectivity index (χ1v) is 11.4. The summed E-state index contributed by atoms with van der Waals surface area (Å²) in [5, 5.41) is 7.85. The molecule has 9 nitrogen and oxygen atoms in total. The summed E-state index contributed by atoms with van der Waals surface area (Å²) >= 11 is 0. The largest absolute Gasteiger partial charge is 0.354 e. The molecule has 0 radical (unpaired) electrons. The van der Waals surface area contributed by atoms with E-state index in [2.05, 4.69) is 25.3 Å². The van der Waals surface area contributed by atoms with Crippen LogP contribution in [0.3, 0.4) is 0 Å². The van der Waals surface area contributed by atoms with Crippen LogP contribution in [0.4, 0.5) is 4.39 Å². The zero-order valence-electron chi connectivity index (χ0n) is 19.2. The number of Topliss-reactive ketones (excluding diaryl/α,β-unsaturated/α-hetero) is 1. The average molecular weight is 474 g/mol. The van der Waals surface area contributed by atoms with Crippen molar-refractivity contribution in [1.29, 1.82) is 0 Å². The lowest BCUT2D eigenvalue weighted by Gasteiger charge is -2.27. The monoisotopic (exact) mass is 473 g/mol. The number of hydrogen-bond donors (Lipinski definition) is 1. The number of rotatable bonds is 7. The van der Waals surface area contributed by atoms with Gasteiger partial charge in [-0.1, -0.05) is 0 Å². The second-order valence-electron chi connectivity index (χ2n) is 8.37. The van der Waals surface area contributed by atoms with Gasteiger partial charge < -0.3 is 5.32 Å². The fourth-order valence-corrected chi connectivity index (χ4v) is 4.21. The molecule has 0 spiro atoms. The number of amides is 1. The van der Waals surface area contributed by atoms with Crippen molar-refractivity contribution in [3.63, 3.8) is 0 Å². The highest BCUT2D eigenvalue weighted by Gasteiger charge is 2.21. The van der Waals surface area contributed by atoms with E-state index >= 15 is 0 Å². The van der Waals surface area contributed by atoms with Crippen LogP contribution in [0.1, 0.15) is 32.2 Å². The molecule has 5 rings (SSSR count). The van der Waals surface area contributed by atoms with Gasteiger partial charge in [-0.3, -0.25) is 29.1 Å². The van der Waals surface area contributed by atoms with Crippen LogP contribution in [0.25, 0.3) is 22.2 Å². The fraction of sp³-hybridized carbons (Fsp3) is 0.280. The summed E-state index contributed by atoms with van der Waals surface area (Å²) in [5.41, 5.74) is 4.70. The zero-order valence-corrected chi connectivity index (χ0v) is 19.2. The number of pyridine rings is 3. The molecule has 1 aliphatic rings. The first-order chi connectivity index (χ1) is 17.1. The molecule has 4 aromatic heterocycles. The maximum Gasteiger partial charge on any atom is 0.269 e. The van der Waals surface area contributed by atoms with Gasteiger partial charge in [-0.2, -0.15) is 5.10 Å². The van der Waals surface area contributed by atoms with E-state index in [-0.39, 0.29) is 30.5 Å². The molecule has 0 bridgehead atoms. The van der Waals surface area contributed by atoms with Gasteiger partial charge in [-0.25, -0.2) is 9.37 Å². The predicted octanol–water partition coefficient (Wildman–Crippen LogP) is 2.46. The molecule has 1 amide bonds. The van der Waals surface area contributed by atoms with Crippen LogP contribution < -0.4 is 5.32 Å². The van der Waals surface area contributed by atoms with Gasteiger partial charge in [0.25, 0.3) is 5.91 Å². The van der Waals surface area contributed by atoms with Crippen LogP contribution in [-0.2, 0) is 19.5 Å². The van der Waals surface area contributed by atoms with Crippen LogP contribution in [0, 0.1) is 0 Å². The molecule has 0 aliphatic carbocycles. The maximum atomic E-state index is 12.9. The summed E-state index contributed by atoms with van der Waals surface area (Å²) < 4.78 is 14.8. The Balaban J connectivity index is 1.38. The van der Waals surface area contributed by atoms with Gasteiger partial charge in [-0.05, 0) is 30.3 Å². The molecule has 1 N–H and O–H groups in total. The average Bonchev–Trinajstić information content (AvgIpc) is 3.31. The van der Waals surface area contributed by atoms with Crippen LogP contribution in [-0.4, -0.2) is 68.1 Å². The van der Waals surface area contributed by atoms with E-state index in [0.29, 0.717) is 24.3 Å². The number of alkyl halides is 1. The number of aromatic nitrogens is 5. The third-order valence-corrected chi connectivity index (χ3v) is 6.14. The number of carbonyl (C=O) groups is 2. The van der Waals surface area contributed by atoms with E-state index in [1.807, 2.05) is 29.1 Å². The Kier molecular flexibility index (Phi) is 6.28. The number of nitrogens with one attached hydrogen (secondary N) is 1. The summed E-state index contributed by atoms with van der Waals surface area (Å²) in [5.74, 6) is -0.459. The Bertz CT molecular complexity index is 1400. The first-order valence-electron chi connectivity index (χ1n) is 11.4. The molecule has 0 saturated carbocycles. The van der Waals surface area contributed by atoms with Crippen molar-refractivity contribution < 1.29 is 14.0 Å². The maximum absolute atomic E-state index is 12.9. The minimum atomic E-state index is -0.375. The molecule has 4 aromatic rings. The molecule has 10 heteroatoms. The van der Waals surface area contributed by atoms with Crippen molar-refractivity contribution in [1.82, 2.24) is 34.9 Å². The van der Waals surface area contributed by atoms with Gasteiger partial charge in [0.2, 0.25) is 0 Å². The molecule has 5 heterocycles. The Labute approximate surface area is 201 Å². The number of fused-ring (bicyclic) bond motifs is 2. The molecule has 0 aromatic carbocycles. The van der Waals surface area contributed by atoms with Gasteiger partial charge >= 0.3 is 0 Å². The summed E-state index contributed by atoms with van der Waals surface area (Å²) in [6.07, 6.45) is 5.01. The molecule has 1 aliphatic heterocycles. The summed E-state index contributed by atoms with van der Waals surface area (Å²) in [6.45, 7) is 2.15. The summed E-state index contributed by atoms with van der Waals surface area (Å²) in [7, 11) is 1.52. The number of carbonyl (C=O) groups excluding carboxylic acids is 2. The van der Waals surface area contributed by atoms with Crippen LogP contribution in [0.2, 0.25) is 0 Å². The van der Waals surface area contributed by atoms with Gasteiger partial charge in [0, 0.05) is 55.6 Å². The zero-order chi connectivity index (χ0) is 24.4. The number of hydrogen-bond acceptors (Lipinski definition) is 7. The second kappa shape index (κ2) is 9.67. The molecule has 0 unspecified atom stereocenters. The Morgan fingerprint density at radius 1 is 1.09 bits per heavy atom. The van der Waals surface area contributed by atoms with Crippen molar-refractivity contribution in [2.45, 2.75) is 19.5 Å². The minimum Gasteiger partial charge on any atom is -0.354 e. The van der Waals surface area contributed by atoms with Gasteiger partial charge in [0.05, 0.1) is 41.8 Å². The lowest BCUT2D eigenvalue weighted by Crippen LogP contribution is -2.35. The normalized spacial score (nSPS) is 13.5. The highest BCUT2D eigenvalue weighted by Crippen LogP contribution is 2.27. The molecule has 0 atom stereocenters. The number of nitrogens with zero attached hydrogens (tertiary/aromatic N) is 6. The topological polar surface area (TPSA) is 106 Å². The van der Waals surface area contributed by atoms with Crippen LogP contribution in [0.15, 0.2) is 48.9 Å². The van der Waals surface area contributed by atoms with Crippen molar-refractivity contribution in [2.75, 3.05) is 26.8 Å². The fourth-order valence-electron chi connectivity index (χ4n) is 4.21. The molecular weight excluding hydrogens is 449 g/mol. The van der Waals surface area contributed by atoms with Crippen molar-refractivity contribution in [3.05, 3.63) is 71.6 Å². The minimum absolute atomic E-state index is 0.0875. The number of halogens is 1. The second-order valence-corrected chi connectivity index (χ2v) is 8.37. The molecule has 35 heavy (non-hydrogen) atoms. The van der Waals surface area contributed by atoms with E-state index in [4.69, 9.17) is 4.98 Å². The predicted molar refractivity (Wildman–Crippen MR) is 128 cm³/mol. The van der Waals surface area contributed by atoms with Crippen molar-refractivity contribution in [3.8, 4) is 11.3 Å². The van der Waals surface area contributed by atoms with Crippen LogP contribution in [0.5, 0.6) is 0 Å². The number of ketones is 1. The van der Waals surface area contributed by atoms with E-state index in [0.717, 1.165) is 40.9 Å². The molecule has 178 valence electrons. The van der Waals surface area contributed by atoms with E-state index in [1.165, 1.54) is 19.3 Å². The lowest BCUT2D eigenvalue weighted by molar-refractivity contribution is 0.0953. The summed E-state index contributed by atoms with van der Waals surface area (Å²) in [6, 6.07) is 8.81. The first kappa shape index (κ1) is 22.7. The highest BCUT2D eigenvalue weighted by molar-refractivity contribution is 5.98. The van der Waals surface area contributed by atoms with E-state index in [9.17, 15) is 14.0 Å².